The summed E-state index contributed by atoms with van der Waals surface area (Å²) in [6, 6.07) is 0. The second-order valence-corrected chi connectivity index (χ2v) is 16.3. The van der Waals surface area contributed by atoms with E-state index in [1.54, 1.807) is 0 Å². The molecule has 0 amide bonds. The van der Waals surface area contributed by atoms with Crippen molar-refractivity contribution in [2.75, 3.05) is 14.2 Å². The first-order valence-electron chi connectivity index (χ1n) is 8.42. The van der Waals surface area contributed by atoms with Gasteiger partial charge in [-0.1, -0.05) is 58.3 Å². The van der Waals surface area contributed by atoms with Crippen LogP contribution in [0.2, 0.25) is 31.4 Å². The molecule has 0 aliphatic heterocycles. The van der Waals surface area contributed by atoms with Crippen LogP contribution in [0.3, 0.4) is 0 Å². The SMILES string of the molecule is CCCCCCCCCC([Si](C)(C)OC)[Si](C)(C)OC. The highest BCUT2D eigenvalue weighted by atomic mass is 28.4. The standard InChI is InChI=1S/C16H38O2Si2/c1-8-9-10-11-12-13-14-15-16(19(4,5)17-2)20(6,7)18-3/h16H,8-15H2,1-7H3. The predicted molar refractivity (Wildman–Crippen MR) is 95.3 cm³/mol. The molecule has 0 saturated heterocycles. The van der Waals surface area contributed by atoms with Crippen LogP contribution < -0.4 is 0 Å². The predicted octanol–water partition coefficient (Wildman–Crippen LogP) is 5.74. The van der Waals surface area contributed by atoms with E-state index in [0.29, 0.717) is 5.16 Å². The maximum atomic E-state index is 5.89. The van der Waals surface area contributed by atoms with Gasteiger partial charge in [0.05, 0.1) is 0 Å². The average molecular weight is 319 g/mol. The van der Waals surface area contributed by atoms with Gasteiger partial charge in [-0.3, -0.25) is 0 Å². The van der Waals surface area contributed by atoms with Crippen LogP contribution in [0.5, 0.6) is 0 Å². The second kappa shape index (κ2) is 10.1. The maximum Gasteiger partial charge on any atom is 0.188 e. The van der Waals surface area contributed by atoms with Crippen molar-refractivity contribution >= 4 is 16.6 Å². The quantitative estimate of drug-likeness (QED) is 0.337. The summed E-state index contributed by atoms with van der Waals surface area (Å²) in [5.41, 5.74) is 0. The molecule has 0 rings (SSSR count). The van der Waals surface area contributed by atoms with E-state index in [-0.39, 0.29) is 0 Å². The Hall–Kier alpha value is 0.354. The smallest absolute Gasteiger partial charge is 0.188 e. The van der Waals surface area contributed by atoms with Crippen molar-refractivity contribution in [1.82, 2.24) is 0 Å². The van der Waals surface area contributed by atoms with Gasteiger partial charge in [0.1, 0.15) is 0 Å². The largest absolute Gasteiger partial charge is 0.420 e. The lowest BCUT2D eigenvalue weighted by molar-refractivity contribution is 0.365. The Kier molecular flexibility index (Phi) is 10.3. The molecule has 0 radical (unpaired) electrons. The monoisotopic (exact) mass is 318 g/mol. The summed E-state index contributed by atoms with van der Waals surface area (Å²) in [6.07, 6.45) is 11.0. The summed E-state index contributed by atoms with van der Waals surface area (Å²) in [5, 5.41) is 0.695. The van der Waals surface area contributed by atoms with Crippen LogP contribution in [-0.2, 0) is 8.85 Å². The van der Waals surface area contributed by atoms with Crippen molar-refractivity contribution in [3.8, 4) is 0 Å². The fraction of sp³-hybridized carbons (Fsp3) is 1.00. The zero-order chi connectivity index (χ0) is 15.6. The minimum atomic E-state index is -1.61. The first kappa shape index (κ1) is 20.4. The van der Waals surface area contributed by atoms with Gasteiger partial charge in [0.25, 0.3) is 0 Å². The zero-order valence-corrected chi connectivity index (χ0v) is 17.1. The summed E-state index contributed by atoms with van der Waals surface area (Å²) in [7, 11) is 0.571. The lowest BCUT2D eigenvalue weighted by Crippen LogP contribution is -2.50. The summed E-state index contributed by atoms with van der Waals surface area (Å²) in [4.78, 5) is 0. The van der Waals surface area contributed by atoms with E-state index in [9.17, 15) is 0 Å². The van der Waals surface area contributed by atoms with E-state index in [4.69, 9.17) is 8.85 Å². The third-order valence-corrected chi connectivity index (χ3v) is 15.0. The Morgan fingerprint density at radius 1 is 0.700 bits per heavy atom. The van der Waals surface area contributed by atoms with Gasteiger partial charge in [-0.25, -0.2) is 0 Å². The van der Waals surface area contributed by atoms with Gasteiger partial charge in [0, 0.05) is 14.2 Å². The molecule has 0 spiro atoms. The van der Waals surface area contributed by atoms with Gasteiger partial charge >= 0.3 is 0 Å². The number of hydrogen-bond acceptors (Lipinski definition) is 2. The fourth-order valence-corrected chi connectivity index (χ4v) is 12.9. The van der Waals surface area contributed by atoms with Crippen LogP contribution in [0, 0.1) is 0 Å². The molecule has 0 unspecified atom stereocenters. The van der Waals surface area contributed by atoms with Crippen molar-refractivity contribution < 1.29 is 8.85 Å². The highest BCUT2D eigenvalue weighted by Gasteiger charge is 2.44. The molecule has 2 nitrogen and oxygen atoms in total. The van der Waals surface area contributed by atoms with Gasteiger partial charge in [-0.05, 0) is 31.4 Å². The first-order valence-corrected chi connectivity index (χ1v) is 14.4. The van der Waals surface area contributed by atoms with Gasteiger partial charge in [-0.2, -0.15) is 0 Å². The third-order valence-electron chi connectivity index (χ3n) is 4.83. The molecule has 4 heteroatoms. The van der Waals surface area contributed by atoms with Crippen LogP contribution in [0.25, 0.3) is 0 Å². The van der Waals surface area contributed by atoms with Crippen molar-refractivity contribution in [2.24, 2.45) is 0 Å². The van der Waals surface area contributed by atoms with E-state index < -0.39 is 16.6 Å². The van der Waals surface area contributed by atoms with E-state index in [0.717, 1.165) is 0 Å². The van der Waals surface area contributed by atoms with Crippen LogP contribution >= 0.6 is 0 Å². The molecule has 0 fully saturated rings. The molecule has 20 heavy (non-hydrogen) atoms. The minimum Gasteiger partial charge on any atom is -0.420 e. The Bertz CT molecular complexity index is 227. The molecule has 0 aliphatic rings. The van der Waals surface area contributed by atoms with E-state index in [1.165, 1.54) is 51.4 Å². The molecule has 0 aromatic rings. The first-order chi connectivity index (χ1) is 9.31. The Labute approximate surface area is 129 Å². The normalized spacial score (nSPS) is 13.2. The zero-order valence-electron chi connectivity index (χ0n) is 15.1. The molecule has 0 heterocycles. The second-order valence-electron chi connectivity index (χ2n) is 7.08. The Morgan fingerprint density at radius 3 is 1.50 bits per heavy atom. The van der Waals surface area contributed by atoms with Crippen molar-refractivity contribution in [2.45, 2.75) is 89.6 Å². The topological polar surface area (TPSA) is 18.5 Å². The summed E-state index contributed by atoms with van der Waals surface area (Å²) in [6.45, 7) is 11.7. The van der Waals surface area contributed by atoms with Gasteiger partial charge in [0.15, 0.2) is 16.6 Å². The molecule has 0 bridgehead atoms. The van der Waals surface area contributed by atoms with Gasteiger partial charge < -0.3 is 8.85 Å². The van der Waals surface area contributed by atoms with E-state index in [2.05, 4.69) is 33.1 Å². The molecule has 0 atom stereocenters. The third kappa shape index (κ3) is 7.39. The average Bonchev–Trinajstić information content (AvgIpc) is 2.41. The molecule has 122 valence electrons. The molecular formula is C16H38O2Si2. The summed E-state index contributed by atoms with van der Waals surface area (Å²) < 4.78 is 11.8. The number of unbranched alkanes of at least 4 members (excludes halogenated alkanes) is 6. The van der Waals surface area contributed by atoms with Crippen LogP contribution in [0.15, 0.2) is 0 Å². The van der Waals surface area contributed by atoms with E-state index in [1.807, 2.05) is 14.2 Å². The Balaban J connectivity index is 4.20. The number of rotatable bonds is 12. The summed E-state index contributed by atoms with van der Waals surface area (Å²) >= 11 is 0. The van der Waals surface area contributed by atoms with Gasteiger partial charge in [-0.15, -0.1) is 0 Å². The van der Waals surface area contributed by atoms with Crippen LogP contribution in [0.4, 0.5) is 0 Å². The highest BCUT2D eigenvalue weighted by molar-refractivity contribution is 6.91. The van der Waals surface area contributed by atoms with Crippen molar-refractivity contribution in [1.29, 1.82) is 0 Å². The molecule has 0 aromatic carbocycles. The molecule has 0 aliphatic carbocycles. The minimum absolute atomic E-state index is 0.695. The Morgan fingerprint density at radius 2 is 1.10 bits per heavy atom. The van der Waals surface area contributed by atoms with Crippen molar-refractivity contribution in [3.05, 3.63) is 0 Å². The van der Waals surface area contributed by atoms with Crippen molar-refractivity contribution in [3.63, 3.8) is 0 Å². The summed E-state index contributed by atoms with van der Waals surface area (Å²) in [5.74, 6) is 0. The fourth-order valence-electron chi connectivity index (χ4n) is 3.12. The number of hydrogen-bond donors (Lipinski definition) is 0. The molecule has 0 N–H and O–H groups in total. The van der Waals surface area contributed by atoms with Crippen LogP contribution in [0.1, 0.15) is 58.3 Å². The van der Waals surface area contributed by atoms with Gasteiger partial charge in [0.2, 0.25) is 0 Å². The highest BCUT2D eigenvalue weighted by Crippen LogP contribution is 2.37. The lowest BCUT2D eigenvalue weighted by Gasteiger charge is -2.39. The molecular weight excluding hydrogens is 280 g/mol. The maximum absolute atomic E-state index is 5.89. The lowest BCUT2D eigenvalue weighted by atomic mass is 10.1. The molecule has 0 saturated carbocycles. The van der Waals surface area contributed by atoms with Crippen LogP contribution in [-0.4, -0.2) is 30.9 Å². The van der Waals surface area contributed by atoms with E-state index >= 15 is 0 Å². The molecule has 0 aromatic heterocycles.